The van der Waals surface area contributed by atoms with Gasteiger partial charge in [-0.2, -0.15) is 0 Å². The first-order valence-corrected chi connectivity index (χ1v) is 17.1. The van der Waals surface area contributed by atoms with Crippen molar-refractivity contribution in [3.8, 4) is 11.5 Å². The lowest BCUT2D eigenvalue weighted by Crippen LogP contribution is -2.54. The number of ether oxygens (including phenoxy) is 2. The molecule has 2 amide bonds. The number of nitrogens with zero attached hydrogens (tertiary/aromatic N) is 2. The first-order valence-electron chi connectivity index (χ1n) is 14.5. The maximum atomic E-state index is 14.3. The van der Waals surface area contributed by atoms with Gasteiger partial charge in [-0.05, 0) is 48.2 Å². The van der Waals surface area contributed by atoms with Crippen molar-refractivity contribution < 1.29 is 27.5 Å². The molecule has 2 aliphatic rings. The van der Waals surface area contributed by atoms with Crippen molar-refractivity contribution in [1.82, 2.24) is 10.2 Å². The molecule has 0 unspecified atom stereocenters. The van der Waals surface area contributed by atoms with Gasteiger partial charge in [0.2, 0.25) is 21.8 Å². The van der Waals surface area contributed by atoms with Gasteiger partial charge in [0.05, 0.1) is 22.0 Å². The van der Waals surface area contributed by atoms with E-state index in [9.17, 15) is 18.0 Å². The Morgan fingerprint density at radius 3 is 2.30 bits per heavy atom. The van der Waals surface area contributed by atoms with Gasteiger partial charge < -0.3 is 19.7 Å². The van der Waals surface area contributed by atoms with Crippen LogP contribution in [0.2, 0.25) is 10.0 Å². The summed E-state index contributed by atoms with van der Waals surface area (Å²) in [6.07, 6.45) is 5.06. The normalized spacial score (nSPS) is 15.4. The van der Waals surface area contributed by atoms with Crippen LogP contribution in [0.15, 0.2) is 66.7 Å². The van der Waals surface area contributed by atoms with Gasteiger partial charge in [-0.25, -0.2) is 8.42 Å². The van der Waals surface area contributed by atoms with Gasteiger partial charge in [0, 0.05) is 25.1 Å². The predicted octanol–water partition coefficient (Wildman–Crippen LogP) is 5.23. The molecule has 0 spiro atoms. The highest BCUT2D eigenvalue weighted by Crippen LogP contribution is 2.35. The van der Waals surface area contributed by atoms with Crippen LogP contribution in [-0.2, 0) is 32.6 Å². The summed E-state index contributed by atoms with van der Waals surface area (Å²) in [5, 5.41) is 3.81. The molecule has 12 heteroatoms. The topological polar surface area (TPSA) is 105 Å². The molecule has 1 aliphatic carbocycles. The largest absolute Gasteiger partial charge is 0.486 e. The number of fused-ring (bicyclic) bond motifs is 1. The Balaban J connectivity index is 1.51. The number of hydrogen-bond donors (Lipinski definition) is 1. The fraction of sp³-hybridized carbons (Fsp3) is 0.375. The number of anilines is 1. The van der Waals surface area contributed by atoms with Crippen molar-refractivity contribution in [1.29, 1.82) is 0 Å². The van der Waals surface area contributed by atoms with Gasteiger partial charge in [-0.3, -0.25) is 13.9 Å². The second kappa shape index (κ2) is 14.1. The van der Waals surface area contributed by atoms with Crippen LogP contribution >= 0.6 is 23.2 Å². The van der Waals surface area contributed by atoms with E-state index in [1.807, 2.05) is 30.3 Å². The van der Waals surface area contributed by atoms with Crippen molar-refractivity contribution in [2.45, 2.75) is 50.7 Å². The Labute approximate surface area is 268 Å². The van der Waals surface area contributed by atoms with Crippen LogP contribution in [0.1, 0.15) is 36.8 Å². The number of carbonyl (C=O) groups excluding carboxylic acids is 2. The van der Waals surface area contributed by atoms with Gasteiger partial charge in [0.15, 0.2) is 11.5 Å². The van der Waals surface area contributed by atoms with E-state index in [-0.39, 0.29) is 30.6 Å². The van der Waals surface area contributed by atoms with Crippen molar-refractivity contribution in [2.24, 2.45) is 0 Å². The molecule has 3 aromatic carbocycles. The van der Waals surface area contributed by atoms with Crippen molar-refractivity contribution in [3.63, 3.8) is 0 Å². The lowest BCUT2D eigenvalue weighted by molar-refractivity contribution is -0.140. The van der Waals surface area contributed by atoms with E-state index < -0.39 is 28.5 Å². The zero-order valence-corrected chi connectivity index (χ0v) is 26.7. The summed E-state index contributed by atoms with van der Waals surface area (Å²) in [5.74, 6) is 0.0335. The Morgan fingerprint density at radius 1 is 0.909 bits per heavy atom. The minimum Gasteiger partial charge on any atom is -0.486 e. The average Bonchev–Trinajstić information content (AvgIpc) is 3.52. The molecule has 1 heterocycles. The van der Waals surface area contributed by atoms with Crippen LogP contribution in [0, 0.1) is 0 Å². The predicted molar refractivity (Wildman–Crippen MR) is 171 cm³/mol. The monoisotopic (exact) mass is 659 g/mol. The molecule has 1 N–H and O–H groups in total. The number of halogens is 2. The lowest BCUT2D eigenvalue weighted by Gasteiger charge is -2.34. The van der Waals surface area contributed by atoms with Crippen LogP contribution in [0.5, 0.6) is 11.5 Å². The standard InChI is InChI=1S/C32H35Cl2N3O6S/c1-44(40,41)37(25-12-14-29-30(19-25)43-16-15-42-29)21-31(38)36(20-23-11-13-26(33)27(34)17-23)28(18-22-7-3-2-4-8-22)32(39)35-24-9-5-6-10-24/h2-4,7-8,11-14,17,19,24,28H,5-6,9-10,15-16,18,20-21H2,1H3,(H,35,39)/t28-/m1/s1. The van der Waals surface area contributed by atoms with E-state index in [1.165, 1.54) is 4.90 Å². The molecule has 9 nitrogen and oxygen atoms in total. The highest BCUT2D eigenvalue weighted by atomic mass is 35.5. The molecule has 1 aliphatic heterocycles. The zero-order chi connectivity index (χ0) is 31.3. The van der Waals surface area contributed by atoms with E-state index in [1.54, 1.807) is 36.4 Å². The first kappa shape index (κ1) is 31.9. The number of hydrogen-bond acceptors (Lipinski definition) is 6. The average molecular weight is 661 g/mol. The number of sulfonamides is 1. The van der Waals surface area contributed by atoms with Gasteiger partial charge in [-0.1, -0.05) is 72.4 Å². The zero-order valence-electron chi connectivity index (χ0n) is 24.4. The number of carbonyl (C=O) groups is 2. The third-order valence-electron chi connectivity index (χ3n) is 7.80. The quantitative estimate of drug-likeness (QED) is 0.302. The highest BCUT2D eigenvalue weighted by Gasteiger charge is 2.34. The molecule has 5 rings (SSSR count). The number of nitrogens with one attached hydrogen (secondary N) is 1. The fourth-order valence-electron chi connectivity index (χ4n) is 5.56. The maximum absolute atomic E-state index is 14.3. The Morgan fingerprint density at radius 2 is 1.61 bits per heavy atom. The SMILES string of the molecule is CS(=O)(=O)N(CC(=O)N(Cc1ccc(Cl)c(Cl)c1)[C@H](Cc1ccccc1)C(=O)NC1CCCC1)c1ccc2c(c1)OCCO2. The van der Waals surface area contributed by atoms with Crippen LogP contribution in [0.4, 0.5) is 5.69 Å². The first-order chi connectivity index (χ1) is 21.1. The van der Waals surface area contributed by atoms with E-state index in [0.29, 0.717) is 40.3 Å². The molecule has 3 aromatic rings. The van der Waals surface area contributed by atoms with Crippen molar-refractivity contribution >= 4 is 50.7 Å². The summed E-state index contributed by atoms with van der Waals surface area (Å²) in [4.78, 5) is 29.7. The van der Waals surface area contributed by atoms with Gasteiger partial charge in [0.1, 0.15) is 25.8 Å². The van der Waals surface area contributed by atoms with E-state index in [2.05, 4.69) is 5.32 Å². The van der Waals surface area contributed by atoms with Gasteiger partial charge in [-0.15, -0.1) is 0 Å². The third-order valence-corrected chi connectivity index (χ3v) is 9.68. The van der Waals surface area contributed by atoms with E-state index in [4.69, 9.17) is 32.7 Å². The van der Waals surface area contributed by atoms with E-state index >= 15 is 0 Å². The van der Waals surface area contributed by atoms with E-state index in [0.717, 1.165) is 41.8 Å². The molecule has 0 radical (unpaired) electrons. The van der Waals surface area contributed by atoms with Gasteiger partial charge >= 0.3 is 0 Å². The van der Waals surface area contributed by atoms with Crippen molar-refractivity contribution in [3.05, 3.63) is 87.9 Å². The maximum Gasteiger partial charge on any atom is 0.244 e. The van der Waals surface area contributed by atoms with Crippen LogP contribution < -0.4 is 19.1 Å². The minimum absolute atomic E-state index is 0.00402. The molecular formula is C32H35Cl2N3O6S. The summed E-state index contributed by atoms with van der Waals surface area (Å²) in [5.41, 5.74) is 1.75. The highest BCUT2D eigenvalue weighted by molar-refractivity contribution is 7.92. The van der Waals surface area contributed by atoms with Crippen LogP contribution in [0.3, 0.4) is 0 Å². The molecule has 1 saturated carbocycles. The molecular weight excluding hydrogens is 625 g/mol. The second-order valence-electron chi connectivity index (χ2n) is 11.1. The van der Waals surface area contributed by atoms with Crippen LogP contribution in [-0.4, -0.2) is 63.2 Å². The molecule has 234 valence electrons. The third kappa shape index (κ3) is 7.97. The smallest absolute Gasteiger partial charge is 0.244 e. The Kier molecular flexibility index (Phi) is 10.2. The summed E-state index contributed by atoms with van der Waals surface area (Å²) in [6, 6.07) is 18.3. The number of benzene rings is 3. The molecule has 1 fully saturated rings. The second-order valence-corrected chi connectivity index (χ2v) is 13.8. The summed E-state index contributed by atoms with van der Waals surface area (Å²) in [7, 11) is -3.93. The number of amides is 2. The lowest BCUT2D eigenvalue weighted by atomic mass is 10.0. The fourth-order valence-corrected chi connectivity index (χ4v) is 6.72. The summed E-state index contributed by atoms with van der Waals surface area (Å²) >= 11 is 12.5. The Hall–Kier alpha value is -3.47. The minimum atomic E-state index is -3.93. The van der Waals surface area contributed by atoms with Gasteiger partial charge in [0.25, 0.3) is 0 Å². The molecule has 44 heavy (non-hydrogen) atoms. The van der Waals surface area contributed by atoms with Crippen LogP contribution in [0.25, 0.3) is 0 Å². The summed E-state index contributed by atoms with van der Waals surface area (Å²) in [6.45, 7) is 0.171. The molecule has 0 aromatic heterocycles. The summed E-state index contributed by atoms with van der Waals surface area (Å²) < 4.78 is 38.5. The number of rotatable bonds is 11. The Bertz CT molecular complexity index is 1600. The van der Waals surface area contributed by atoms with Crippen molar-refractivity contribution in [2.75, 3.05) is 30.3 Å². The molecule has 1 atom stereocenters. The molecule has 0 saturated heterocycles. The molecule has 0 bridgehead atoms.